The van der Waals surface area contributed by atoms with Crippen molar-refractivity contribution in [2.24, 2.45) is 5.10 Å². The van der Waals surface area contributed by atoms with Crippen LogP contribution in [0.15, 0.2) is 51.3 Å². The van der Waals surface area contributed by atoms with E-state index < -0.39 is 17.1 Å². The molecule has 0 unspecified atom stereocenters. The molecule has 1 aliphatic rings. The Morgan fingerprint density at radius 2 is 1.94 bits per heavy atom. The zero-order valence-electron chi connectivity index (χ0n) is 18.5. The fourth-order valence-electron chi connectivity index (χ4n) is 4.49. The molecule has 1 saturated heterocycles. The second kappa shape index (κ2) is 8.82. The number of aromatic amines is 1. The first-order valence-electron chi connectivity index (χ1n) is 10.7. The molecule has 32 heavy (non-hydrogen) atoms. The summed E-state index contributed by atoms with van der Waals surface area (Å²) in [5.74, 6) is -0.424. The molecule has 4 rings (SSSR count). The number of hydrogen-bond donors (Lipinski definition) is 2. The van der Waals surface area contributed by atoms with Crippen molar-refractivity contribution in [1.82, 2.24) is 19.5 Å². The Labute approximate surface area is 185 Å². The number of aromatic hydroxyl groups is 1. The summed E-state index contributed by atoms with van der Waals surface area (Å²) < 4.78 is 1.14. The average Bonchev–Trinajstić information content (AvgIpc) is 2.76. The number of nitrogens with zero attached hydrogens (tertiary/aromatic N) is 4. The van der Waals surface area contributed by atoms with Crippen molar-refractivity contribution in [2.75, 3.05) is 6.54 Å². The highest BCUT2D eigenvalue weighted by atomic mass is 16.3. The molecule has 0 aliphatic carbocycles. The zero-order chi connectivity index (χ0) is 22.8. The highest BCUT2D eigenvalue weighted by Crippen LogP contribution is 2.30. The third-order valence-electron chi connectivity index (χ3n) is 5.86. The van der Waals surface area contributed by atoms with Crippen molar-refractivity contribution in [3.8, 4) is 11.6 Å². The molecule has 1 aromatic carbocycles. The highest BCUT2D eigenvalue weighted by Gasteiger charge is 2.23. The Kier molecular flexibility index (Phi) is 5.94. The molecule has 1 aliphatic heterocycles. The van der Waals surface area contributed by atoms with Crippen LogP contribution in [0.3, 0.4) is 0 Å². The topological polar surface area (TPSA) is 104 Å². The van der Waals surface area contributed by atoms with Gasteiger partial charge in [0, 0.05) is 18.9 Å². The third kappa shape index (κ3) is 4.08. The van der Waals surface area contributed by atoms with Crippen molar-refractivity contribution in [3.05, 3.63) is 85.3 Å². The van der Waals surface area contributed by atoms with Gasteiger partial charge in [-0.1, -0.05) is 23.8 Å². The van der Waals surface area contributed by atoms with E-state index in [9.17, 15) is 14.7 Å². The fourth-order valence-corrected chi connectivity index (χ4v) is 4.49. The molecule has 1 fully saturated rings. The van der Waals surface area contributed by atoms with Crippen molar-refractivity contribution < 1.29 is 5.11 Å². The Hall–Kier alpha value is -3.68. The third-order valence-corrected chi connectivity index (χ3v) is 5.86. The van der Waals surface area contributed by atoms with E-state index in [4.69, 9.17) is 0 Å². The smallest absolute Gasteiger partial charge is 0.335 e. The van der Waals surface area contributed by atoms with Crippen LogP contribution in [0.1, 0.15) is 53.1 Å². The van der Waals surface area contributed by atoms with Gasteiger partial charge in [0.2, 0.25) is 5.88 Å². The number of hydrazone groups is 1. The van der Waals surface area contributed by atoms with Gasteiger partial charge in [0.15, 0.2) is 0 Å². The van der Waals surface area contributed by atoms with Crippen molar-refractivity contribution in [2.45, 2.75) is 46.1 Å². The van der Waals surface area contributed by atoms with Gasteiger partial charge in [-0.15, -0.1) is 0 Å². The summed E-state index contributed by atoms with van der Waals surface area (Å²) in [6.07, 6.45) is 7.89. The summed E-state index contributed by atoms with van der Waals surface area (Å²) in [6, 6.07) is 7.81. The SMILES string of the molecule is Cc1cc(C)c(-n2c(O)c(C=NN3CCCC[C@H]3c3cccnc3)c(=O)[nH]c2=O)c(C)c1. The van der Waals surface area contributed by atoms with Crippen LogP contribution in [0.5, 0.6) is 5.88 Å². The molecule has 0 bridgehead atoms. The lowest BCUT2D eigenvalue weighted by Gasteiger charge is -2.33. The minimum absolute atomic E-state index is 0.0439. The summed E-state index contributed by atoms with van der Waals surface area (Å²) in [5.41, 5.74) is 2.88. The van der Waals surface area contributed by atoms with Gasteiger partial charge in [-0.2, -0.15) is 5.10 Å². The second-order valence-corrected chi connectivity index (χ2v) is 8.28. The largest absolute Gasteiger partial charge is 0.493 e. The molecule has 0 saturated carbocycles. The van der Waals surface area contributed by atoms with Crippen molar-refractivity contribution in [1.29, 1.82) is 0 Å². The number of aryl methyl sites for hydroxylation is 3. The Morgan fingerprint density at radius 1 is 1.19 bits per heavy atom. The van der Waals surface area contributed by atoms with Gasteiger partial charge in [0.1, 0.15) is 5.56 Å². The van der Waals surface area contributed by atoms with Crippen LogP contribution in [0.2, 0.25) is 0 Å². The first kappa shape index (κ1) is 21.5. The Bertz CT molecular complexity index is 1250. The van der Waals surface area contributed by atoms with E-state index in [2.05, 4.69) is 15.1 Å². The number of rotatable bonds is 4. The molecule has 3 aromatic rings. The predicted molar refractivity (Wildman–Crippen MR) is 124 cm³/mol. The molecule has 3 heterocycles. The maximum Gasteiger partial charge on any atom is 0.335 e. The lowest BCUT2D eigenvalue weighted by Crippen LogP contribution is -2.33. The van der Waals surface area contributed by atoms with Gasteiger partial charge >= 0.3 is 5.69 Å². The van der Waals surface area contributed by atoms with Crippen LogP contribution in [-0.4, -0.2) is 37.4 Å². The summed E-state index contributed by atoms with van der Waals surface area (Å²) in [6.45, 7) is 6.43. The Balaban J connectivity index is 1.77. The van der Waals surface area contributed by atoms with Gasteiger partial charge < -0.3 is 5.11 Å². The summed E-state index contributed by atoms with van der Waals surface area (Å²) in [7, 11) is 0. The van der Waals surface area contributed by atoms with Crippen LogP contribution in [0.4, 0.5) is 0 Å². The lowest BCUT2D eigenvalue weighted by molar-refractivity contribution is 0.156. The fraction of sp³-hybridized carbons (Fsp3) is 0.333. The number of aromatic nitrogens is 3. The molecule has 8 heteroatoms. The van der Waals surface area contributed by atoms with Crippen molar-refractivity contribution >= 4 is 6.21 Å². The van der Waals surface area contributed by atoms with E-state index >= 15 is 0 Å². The van der Waals surface area contributed by atoms with Crippen LogP contribution in [0.25, 0.3) is 5.69 Å². The standard InChI is InChI=1S/C24H27N5O3/c1-15-11-16(2)21(17(3)12-15)29-23(31)19(22(30)27-24(29)32)14-26-28-10-5-4-8-20(28)18-7-6-9-25-13-18/h6-7,9,11-14,20,31H,4-5,8,10H2,1-3H3,(H,27,30,32)/t20-/m0/s1. The maximum atomic E-state index is 12.6. The van der Waals surface area contributed by atoms with Gasteiger partial charge in [-0.05, 0) is 62.8 Å². The van der Waals surface area contributed by atoms with Crippen LogP contribution in [0, 0.1) is 20.8 Å². The minimum Gasteiger partial charge on any atom is -0.493 e. The van der Waals surface area contributed by atoms with E-state index in [1.165, 1.54) is 6.21 Å². The minimum atomic E-state index is -0.689. The first-order valence-corrected chi connectivity index (χ1v) is 10.7. The van der Waals surface area contributed by atoms with E-state index in [1.54, 1.807) is 6.20 Å². The van der Waals surface area contributed by atoms with Crippen LogP contribution in [-0.2, 0) is 0 Å². The summed E-state index contributed by atoms with van der Waals surface area (Å²) in [4.78, 5) is 31.7. The molecule has 2 aromatic heterocycles. The molecular formula is C24H27N5O3. The van der Waals surface area contributed by atoms with Crippen LogP contribution < -0.4 is 11.2 Å². The molecule has 2 N–H and O–H groups in total. The predicted octanol–water partition coefficient (Wildman–Crippen LogP) is 3.11. The molecular weight excluding hydrogens is 406 g/mol. The molecule has 1 atom stereocenters. The highest BCUT2D eigenvalue weighted by molar-refractivity contribution is 5.82. The number of hydrogen-bond acceptors (Lipinski definition) is 6. The lowest BCUT2D eigenvalue weighted by atomic mass is 9.98. The maximum absolute atomic E-state index is 12.6. The molecule has 0 radical (unpaired) electrons. The number of benzene rings is 1. The second-order valence-electron chi connectivity index (χ2n) is 8.28. The van der Waals surface area contributed by atoms with Gasteiger partial charge in [0.05, 0.1) is 17.9 Å². The number of nitrogens with one attached hydrogen (secondary N) is 1. The monoisotopic (exact) mass is 433 g/mol. The molecule has 0 amide bonds. The first-order chi connectivity index (χ1) is 15.4. The quantitative estimate of drug-likeness (QED) is 0.616. The van der Waals surface area contributed by atoms with E-state index in [0.717, 1.165) is 52.6 Å². The normalized spacial score (nSPS) is 16.6. The molecule has 0 spiro atoms. The number of H-pyrrole nitrogens is 1. The number of pyridine rings is 1. The number of piperidine rings is 1. The van der Waals surface area contributed by atoms with Gasteiger partial charge in [-0.3, -0.25) is 19.8 Å². The summed E-state index contributed by atoms with van der Waals surface area (Å²) in [5, 5.41) is 17.4. The van der Waals surface area contributed by atoms with Crippen LogP contribution >= 0.6 is 0 Å². The van der Waals surface area contributed by atoms with E-state index in [-0.39, 0.29) is 11.6 Å². The van der Waals surface area contributed by atoms with Crippen molar-refractivity contribution in [3.63, 3.8) is 0 Å². The Morgan fingerprint density at radius 3 is 2.62 bits per heavy atom. The van der Waals surface area contributed by atoms with E-state index in [0.29, 0.717) is 5.69 Å². The van der Waals surface area contributed by atoms with Gasteiger partial charge in [-0.25, -0.2) is 9.36 Å². The summed E-state index contributed by atoms with van der Waals surface area (Å²) >= 11 is 0. The molecule has 166 valence electrons. The zero-order valence-corrected chi connectivity index (χ0v) is 18.5. The molecule has 8 nitrogen and oxygen atoms in total. The average molecular weight is 434 g/mol. The van der Waals surface area contributed by atoms with Gasteiger partial charge in [0.25, 0.3) is 5.56 Å². The van der Waals surface area contributed by atoms with E-state index in [1.807, 2.05) is 56.2 Å².